The second kappa shape index (κ2) is 8.73. The van der Waals surface area contributed by atoms with Gasteiger partial charge in [-0.1, -0.05) is 32.0 Å². The van der Waals surface area contributed by atoms with Gasteiger partial charge < -0.3 is 14.8 Å². The monoisotopic (exact) mass is 392 g/mol. The van der Waals surface area contributed by atoms with Crippen LogP contribution in [0.2, 0.25) is 0 Å². The smallest absolute Gasteiger partial charge is 0.328 e. The fourth-order valence-corrected chi connectivity index (χ4v) is 3.12. The van der Waals surface area contributed by atoms with E-state index in [2.05, 4.69) is 5.32 Å². The lowest BCUT2D eigenvalue weighted by Crippen LogP contribution is -2.45. The molecule has 1 amide bonds. The van der Waals surface area contributed by atoms with E-state index in [4.69, 9.17) is 14.5 Å². The summed E-state index contributed by atoms with van der Waals surface area (Å²) in [5, 5.41) is 3.53. The van der Waals surface area contributed by atoms with Gasteiger partial charge in [-0.25, -0.2) is 9.78 Å². The molecule has 0 fully saturated rings. The molecule has 0 aliphatic carbocycles. The Bertz CT molecular complexity index is 1030. The highest BCUT2D eigenvalue weighted by Crippen LogP contribution is 2.26. The first-order chi connectivity index (χ1) is 13.9. The van der Waals surface area contributed by atoms with Crippen LogP contribution >= 0.6 is 0 Å². The van der Waals surface area contributed by atoms with Crippen LogP contribution in [0.4, 0.5) is 0 Å². The number of nitrogens with zero attached hydrogens (tertiary/aromatic N) is 1. The molecular formula is C23H24N2O4. The van der Waals surface area contributed by atoms with Crippen LogP contribution in [-0.2, 0) is 9.53 Å². The summed E-state index contributed by atoms with van der Waals surface area (Å²) < 4.78 is 10.0. The third-order valence-electron chi connectivity index (χ3n) is 4.75. The number of ether oxygens (including phenoxy) is 2. The number of esters is 1. The molecule has 1 unspecified atom stereocenters. The van der Waals surface area contributed by atoms with E-state index in [0.717, 1.165) is 16.7 Å². The van der Waals surface area contributed by atoms with Crippen molar-refractivity contribution in [3.05, 3.63) is 60.2 Å². The van der Waals surface area contributed by atoms with E-state index in [-0.39, 0.29) is 11.8 Å². The first-order valence-electron chi connectivity index (χ1n) is 9.37. The third-order valence-corrected chi connectivity index (χ3v) is 4.75. The lowest BCUT2D eigenvalue weighted by Gasteiger charge is -2.20. The molecule has 3 rings (SSSR count). The van der Waals surface area contributed by atoms with Crippen LogP contribution < -0.4 is 10.1 Å². The van der Waals surface area contributed by atoms with E-state index in [9.17, 15) is 9.59 Å². The molecule has 150 valence electrons. The van der Waals surface area contributed by atoms with Crippen molar-refractivity contribution in [3.8, 4) is 17.0 Å². The van der Waals surface area contributed by atoms with E-state index in [1.165, 1.54) is 7.11 Å². The Balaban J connectivity index is 2.05. The number of pyridine rings is 1. The van der Waals surface area contributed by atoms with Gasteiger partial charge >= 0.3 is 5.97 Å². The number of nitrogens with one attached hydrogen (secondary N) is 1. The summed E-state index contributed by atoms with van der Waals surface area (Å²) in [6.07, 6.45) is 0. The Morgan fingerprint density at radius 2 is 1.69 bits per heavy atom. The summed E-state index contributed by atoms with van der Waals surface area (Å²) in [6.45, 7) is 3.71. The molecule has 1 aromatic heterocycles. The Morgan fingerprint density at radius 3 is 2.31 bits per heavy atom. The topological polar surface area (TPSA) is 77.5 Å². The van der Waals surface area contributed by atoms with Gasteiger partial charge in [0.1, 0.15) is 11.8 Å². The van der Waals surface area contributed by atoms with Crippen LogP contribution in [-0.4, -0.2) is 37.1 Å². The highest BCUT2D eigenvalue weighted by molar-refractivity contribution is 6.08. The lowest BCUT2D eigenvalue weighted by molar-refractivity contribution is -0.144. The van der Waals surface area contributed by atoms with Crippen LogP contribution in [0.25, 0.3) is 22.2 Å². The van der Waals surface area contributed by atoms with Gasteiger partial charge in [0.05, 0.1) is 31.0 Å². The van der Waals surface area contributed by atoms with Gasteiger partial charge in [-0.2, -0.15) is 0 Å². The normalized spacial score (nSPS) is 11.9. The molecule has 1 atom stereocenters. The van der Waals surface area contributed by atoms with E-state index in [0.29, 0.717) is 16.8 Å². The second-order valence-electron chi connectivity index (χ2n) is 7.02. The van der Waals surface area contributed by atoms with E-state index in [1.54, 1.807) is 13.2 Å². The van der Waals surface area contributed by atoms with Crippen molar-refractivity contribution in [2.45, 2.75) is 19.9 Å². The lowest BCUT2D eigenvalue weighted by atomic mass is 10.0. The quantitative estimate of drug-likeness (QED) is 0.645. The van der Waals surface area contributed by atoms with E-state index >= 15 is 0 Å². The first kappa shape index (κ1) is 20.3. The molecule has 1 N–H and O–H groups in total. The Morgan fingerprint density at radius 1 is 1.00 bits per heavy atom. The van der Waals surface area contributed by atoms with Crippen molar-refractivity contribution in [3.63, 3.8) is 0 Å². The summed E-state index contributed by atoms with van der Waals surface area (Å²) in [6, 6.07) is 15.9. The van der Waals surface area contributed by atoms with Crippen LogP contribution in [0.15, 0.2) is 54.6 Å². The average Bonchev–Trinajstić information content (AvgIpc) is 2.75. The number of hydrogen-bond acceptors (Lipinski definition) is 5. The number of carbonyl (C=O) groups excluding carboxylic acids is 2. The van der Waals surface area contributed by atoms with Crippen molar-refractivity contribution in [1.82, 2.24) is 10.3 Å². The summed E-state index contributed by atoms with van der Waals surface area (Å²) in [7, 11) is 2.92. The summed E-state index contributed by atoms with van der Waals surface area (Å²) in [4.78, 5) is 29.9. The number of methoxy groups -OCH3 is 2. The minimum absolute atomic E-state index is 0.111. The average molecular weight is 392 g/mol. The van der Waals surface area contributed by atoms with Crippen LogP contribution in [0.3, 0.4) is 0 Å². The number of carbonyl (C=O) groups is 2. The zero-order chi connectivity index (χ0) is 21.0. The van der Waals surface area contributed by atoms with Crippen LogP contribution in [0.1, 0.15) is 24.2 Å². The number of fused-ring (bicyclic) bond motifs is 1. The molecule has 0 saturated heterocycles. The van der Waals surface area contributed by atoms with E-state index in [1.807, 2.05) is 62.4 Å². The maximum atomic E-state index is 13.1. The van der Waals surface area contributed by atoms with Crippen molar-refractivity contribution < 1.29 is 19.1 Å². The Labute approximate surface area is 169 Å². The number of benzene rings is 2. The Kier molecular flexibility index (Phi) is 6.12. The molecule has 6 nitrogen and oxygen atoms in total. The molecule has 0 radical (unpaired) electrons. The largest absolute Gasteiger partial charge is 0.497 e. The van der Waals surface area contributed by atoms with Crippen molar-refractivity contribution in [2.24, 2.45) is 5.92 Å². The zero-order valence-corrected chi connectivity index (χ0v) is 16.9. The third kappa shape index (κ3) is 4.37. The molecule has 0 saturated carbocycles. The molecule has 6 heteroatoms. The molecule has 0 aliphatic heterocycles. The standard InChI is InChI=1S/C23H24N2O4/c1-14(2)21(23(27)29-4)25-22(26)18-13-20(15-9-11-16(28-3)12-10-15)24-19-8-6-5-7-17(18)19/h5-14,21H,1-4H3,(H,25,26). The summed E-state index contributed by atoms with van der Waals surface area (Å²) in [5.41, 5.74) is 2.68. The maximum Gasteiger partial charge on any atom is 0.328 e. The molecule has 1 heterocycles. The van der Waals surface area contributed by atoms with Crippen molar-refractivity contribution in [2.75, 3.05) is 14.2 Å². The molecule has 0 bridgehead atoms. The number of para-hydroxylation sites is 1. The highest BCUT2D eigenvalue weighted by Gasteiger charge is 2.26. The zero-order valence-electron chi connectivity index (χ0n) is 16.9. The van der Waals surface area contributed by atoms with Gasteiger partial charge in [0, 0.05) is 10.9 Å². The van der Waals surface area contributed by atoms with E-state index < -0.39 is 12.0 Å². The number of hydrogen-bond donors (Lipinski definition) is 1. The molecule has 29 heavy (non-hydrogen) atoms. The molecule has 0 aliphatic rings. The van der Waals surface area contributed by atoms with Gasteiger partial charge in [0.25, 0.3) is 5.91 Å². The Hall–Kier alpha value is -3.41. The maximum absolute atomic E-state index is 13.1. The van der Waals surface area contributed by atoms with Gasteiger partial charge in [0.15, 0.2) is 0 Å². The number of rotatable bonds is 6. The van der Waals surface area contributed by atoms with Crippen LogP contribution in [0, 0.1) is 5.92 Å². The molecule has 3 aromatic rings. The molecule has 2 aromatic carbocycles. The summed E-state index contributed by atoms with van der Waals surface area (Å²) in [5.74, 6) is -0.185. The SMILES string of the molecule is COC(=O)C(NC(=O)c1cc(-c2ccc(OC)cc2)nc2ccccc12)C(C)C. The predicted octanol–water partition coefficient (Wildman–Crippen LogP) is 3.84. The van der Waals surface area contributed by atoms with Crippen LogP contribution in [0.5, 0.6) is 5.75 Å². The van der Waals surface area contributed by atoms with Crippen molar-refractivity contribution >= 4 is 22.8 Å². The number of aromatic nitrogens is 1. The molecular weight excluding hydrogens is 368 g/mol. The fraction of sp³-hybridized carbons (Fsp3) is 0.261. The fourth-order valence-electron chi connectivity index (χ4n) is 3.12. The molecule has 0 spiro atoms. The summed E-state index contributed by atoms with van der Waals surface area (Å²) >= 11 is 0. The minimum atomic E-state index is -0.733. The van der Waals surface area contributed by atoms with Gasteiger partial charge in [-0.05, 0) is 42.3 Å². The van der Waals surface area contributed by atoms with Crippen molar-refractivity contribution in [1.29, 1.82) is 0 Å². The van der Waals surface area contributed by atoms with Gasteiger partial charge in [-0.3, -0.25) is 4.79 Å². The van der Waals surface area contributed by atoms with Gasteiger partial charge in [0.2, 0.25) is 0 Å². The second-order valence-corrected chi connectivity index (χ2v) is 7.02. The minimum Gasteiger partial charge on any atom is -0.497 e. The predicted molar refractivity (Wildman–Crippen MR) is 112 cm³/mol. The highest BCUT2D eigenvalue weighted by atomic mass is 16.5. The number of amides is 1. The first-order valence-corrected chi connectivity index (χ1v) is 9.37. The van der Waals surface area contributed by atoms with Gasteiger partial charge in [-0.15, -0.1) is 0 Å².